The highest BCUT2D eigenvalue weighted by Gasteiger charge is 2.25. The van der Waals surface area contributed by atoms with E-state index in [4.69, 9.17) is 0 Å². The van der Waals surface area contributed by atoms with Gasteiger partial charge in [-0.15, -0.1) is 0 Å². The Hall–Kier alpha value is 0.0200. The molecule has 0 aromatic rings. The van der Waals surface area contributed by atoms with E-state index in [-0.39, 0.29) is 5.92 Å². The monoisotopic (exact) mass is 172 g/mol. The SMILES string of the molecule is CCC(C)C(=O)C1CCCS1. The van der Waals surface area contributed by atoms with E-state index in [9.17, 15) is 4.79 Å². The van der Waals surface area contributed by atoms with Gasteiger partial charge in [0.1, 0.15) is 5.78 Å². The van der Waals surface area contributed by atoms with Gasteiger partial charge in [0, 0.05) is 5.92 Å². The van der Waals surface area contributed by atoms with Gasteiger partial charge in [-0.25, -0.2) is 0 Å². The van der Waals surface area contributed by atoms with Crippen molar-refractivity contribution >= 4 is 17.5 Å². The number of Topliss-reactive ketones (excluding diaryl/α,β-unsaturated/α-hetero) is 1. The summed E-state index contributed by atoms with van der Waals surface area (Å²) in [6.07, 6.45) is 3.35. The molecule has 0 amide bonds. The number of carbonyl (C=O) groups is 1. The minimum Gasteiger partial charge on any atom is -0.298 e. The second-order valence-corrected chi connectivity index (χ2v) is 4.52. The molecule has 1 saturated heterocycles. The van der Waals surface area contributed by atoms with E-state index in [0.29, 0.717) is 11.0 Å². The lowest BCUT2D eigenvalue weighted by Crippen LogP contribution is -2.21. The van der Waals surface area contributed by atoms with Crippen molar-refractivity contribution in [2.24, 2.45) is 5.92 Å². The molecule has 1 heterocycles. The van der Waals surface area contributed by atoms with E-state index >= 15 is 0 Å². The van der Waals surface area contributed by atoms with Gasteiger partial charge in [-0.05, 0) is 25.0 Å². The molecule has 0 radical (unpaired) electrons. The van der Waals surface area contributed by atoms with Crippen LogP contribution in [0.15, 0.2) is 0 Å². The van der Waals surface area contributed by atoms with Gasteiger partial charge in [0.2, 0.25) is 0 Å². The van der Waals surface area contributed by atoms with Gasteiger partial charge in [-0.2, -0.15) is 11.8 Å². The Balaban J connectivity index is 2.39. The van der Waals surface area contributed by atoms with Crippen molar-refractivity contribution in [2.75, 3.05) is 5.75 Å². The maximum Gasteiger partial charge on any atom is 0.148 e. The van der Waals surface area contributed by atoms with Crippen LogP contribution in [0.4, 0.5) is 0 Å². The zero-order chi connectivity index (χ0) is 8.27. The average Bonchev–Trinajstić information content (AvgIpc) is 2.53. The normalized spacial score (nSPS) is 26.9. The highest BCUT2D eigenvalue weighted by atomic mass is 32.2. The van der Waals surface area contributed by atoms with E-state index in [1.165, 1.54) is 12.2 Å². The van der Waals surface area contributed by atoms with Crippen molar-refractivity contribution < 1.29 is 4.79 Å². The van der Waals surface area contributed by atoms with Crippen LogP contribution in [-0.2, 0) is 4.79 Å². The summed E-state index contributed by atoms with van der Waals surface area (Å²) in [5.41, 5.74) is 0. The number of hydrogen-bond donors (Lipinski definition) is 0. The minimum atomic E-state index is 0.283. The molecule has 2 atom stereocenters. The Morgan fingerprint density at radius 1 is 1.73 bits per heavy atom. The molecule has 0 spiro atoms. The average molecular weight is 172 g/mol. The number of thioether (sulfide) groups is 1. The van der Waals surface area contributed by atoms with Gasteiger partial charge in [0.25, 0.3) is 0 Å². The number of ketones is 1. The smallest absolute Gasteiger partial charge is 0.148 e. The standard InChI is InChI=1S/C9H16OS/c1-3-7(2)9(10)8-5-4-6-11-8/h7-8H,3-6H2,1-2H3. The first kappa shape index (κ1) is 9.11. The molecule has 0 aromatic carbocycles. The largest absolute Gasteiger partial charge is 0.298 e. The van der Waals surface area contributed by atoms with Crippen LogP contribution in [0, 0.1) is 5.92 Å². The molecule has 0 N–H and O–H groups in total. The zero-order valence-corrected chi connectivity index (χ0v) is 8.12. The Kier molecular flexibility index (Phi) is 3.44. The van der Waals surface area contributed by atoms with Crippen molar-refractivity contribution in [1.29, 1.82) is 0 Å². The molecule has 2 heteroatoms. The number of carbonyl (C=O) groups excluding carboxylic acids is 1. The summed E-state index contributed by atoms with van der Waals surface area (Å²) in [6.45, 7) is 4.13. The fourth-order valence-electron chi connectivity index (χ4n) is 1.32. The Morgan fingerprint density at radius 3 is 2.91 bits per heavy atom. The first-order chi connectivity index (χ1) is 5.25. The lowest BCUT2D eigenvalue weighted by molar-refractivity contribution is -0.121. The first-order valence-electron chi connectivity index (χ1n) is 4.41. The Bertz CT molecular complexity index is 138. The van der Waals surface area contributed by atoms with E-state index < -0.39 is 0 Å². The maximum atomic E-state index is 11.6. The van der Waals surface area contributed by atoms with Crippen LogP contribution in [0.2, 0.25) is 0 Å². The third-order valence-electron chi connectivity index (χ3n) is 2.35. The van der Waals surface area contributed by atoms with E-state index in [1.807, 2.05) is 18.7 Å². The van der Waals surface area contributed by atoms with Crippen LogP contribution >= 0.6 is 11.8 Å². The van der Waals surface area contributed by atoms with Crippen LogP contribution < -0.4 is 0 Å². The molecular weight excluding hydrogens is 156 g/mol. The molecule has 1 aliphatic rings. The third-order valence-corrected chi connectivity index (χ3v) is 3.74. The summed E-state index contributed by atoms with van der Waals surface area (Å²) in [5, 5.41) is 0.338. The van der Waals surface area contributed by atoms with Crippen LogP contribution in [0.1, 0.15) is 33.1 Å². The second-order valence-electron chi connectivity index (χ2n) is 3.21. The fourth-order valence-corrected chi connectivity index (χ4v) is 2.67. The zero-order valence-electron chi connectivity index (χ0n) is 7.30. The molecular formula is C9H16OS. The lowest BCUT2D eigenvalue weighted by Gasteiger charge is -2.11. The third kappa shape index (κ3) is 2.22. The molecule has 0 aromatic heterocycles. The molecule has 1 fully saturated rings. The Morgan fingerprint density at radius 2 is 2.45 bits per heavy atom. The predicted molar refractivity (Wildman–Crippen MR) is 49.9 cm³/mol. The van der Waals surface area contributed by atoms with Crippen LogP contribution in [0.3, 0.4) is 0 Å². The van der Waals surface area contributed by atoms with Gasteiger partial charge in [-0.3, -0.25) is 4.79 Å². The van der Waals surface area contributed by atoms with Crippen LogP contribution in [-0.4, -0.2) is 16.8 Å². The molecule has 0 aliphatic carbocycles. The number of hydrogen-bond acceptors (Lipinski definition) is 2. The summed E-state index contributed by atoms with van der Waals surface area (Å²) in [5.74, 6) is 1.95. The quantitative estimate of drug-likeness (QED) is 0.650. The summed E-state index contributed by atoms with van der Waals surface area (Å²) < 4.78 is 0. The lowest BCUT2D eigenvalue weighted by atomic mass is 9.99. The van der Waals surface area contributed by atoms with Crippen molar-refractivity contribution in [3.8, 4) is 0 Å². The highest BCUT2D eigenvalue weighted by Crippen LogP contribution is 2.29. The van der Waals surface area contributed by atoms with Crippen LogP contribution in [0.25, 0.3) is 0 Å². The highest BCUT2D eigenvalue weighted by molar-refractivity contribution is 8.00. The summed E-state index contributed by atoms with van der Waals surface area (Å²) in [7, 11) is 0. The summed E-state index contributed by atoms with van der Waals surface area (Å²) >= 11 is 1.84. The van der Waals surface area contributed by atoms with Gasteiger partial charge >= 0.3 is 0 Å². The van der Waals surface area contributed by atoms with Gasteiger partial charge < -0.3 is 0 Å². The first-order valence-corrected chi connectivity index (χ1v) is 5.46. The molecule has 11 heavy (non-hydrogen) atoms. The molecule has 0 saturated carbocycles. The molecule has 1 aliphatic heterocycles. The molecule has 1 rings (SSSR count). The van der Waals surface area contributed by atoms with E-state index in [1.54, 1.807) is 0 Å². The van der Waals surface area contributed by atoms with E-state index in [2.05, 4.69) is 6.92 Å². The maximum absolute atomic E-state index is 11.6. The second kappa shape index (κ2) is 4.15. The summed E-state index contributed by atoms with van der Waals surface area (Å²) in [4.78, 5) is 11.6. The fraction of sp³-hybridized carbons (Fsp3) is 0.889. The van der Waals surface area contributed by atoms with Crippen molar-refractivity contribution in [3.63, 3.8) is 0 Å². The van der Waals surface area contributed by atoms with Gasteiger partial charge in [0.05, 0.1) is 5.25 Å². The Labute approximate surface area is 72.9 Å². The van der Waals surface area contributed by atoms with Gasteiger partial charge in [-0.1, -0.05) is 13.8 Å². The van der Waals surface area contributed by atoms with E-state index in [0.717, 1.165) is 12.8 Å². The van der Waals surface area contributed by atoms with Crippen molar-refractivity contribution in [3.05, 3.63) is 0 Å². The molecule has 64 valence electrons. The molecule has 0 bridgehead atoms. The predicted octanol–water partition coefficient (Wildman–Crippen LogP) is 2.50. The van der Waals surface area contributed by atoms with Gasteiger partial charge in [0.15, 0.2) is 0 Å². The molecule has 1 nitrogen and oxygen atoms in total. The summed E-state index contributed by atoms with van der Waals surface area (Å²) in [6, 6.07) is 0. The molecule has 2 unspecified atom stereocenters. The van der Waals surface area contributed by atoms with Crippen molar-refractivity contribution in [1.82, 2.24) is 0 Å². The minimum absolute atomic E-state index is 0.283. The topological polar surface area (TPSA) is 17.1 Å². The number of rotatable bonds is 3. The van der Waals surface area contributed by atoms with Crippen LogP contribution in [0.5, 0.6) is 0 Å². The van der Waals surface area contributed by atoms with Crippen molar-refractivity contribution in [2.45, 2.75) is 38.4 Å².